The van der Waals surface area contributed by atoms with Gasteiger partial charge in [0.25, 0.3) is 10.0 Å². The number of halogens is 2. The maximum Gasteiger partial charge on any atom is 0.266 e. The molecule has 0 saturated carbocycles. The molecule has 0 spiro atoms. The highest BCUT2D eigenvalue weighted by atomic mass is 35.5. The van der Waals surface area contributed by atoms with Gasteiger partial charge >= 0.3 is 0 Å². The van der Waals surface area contributed by atoms with Gasteiger partial charge in [0.2, 0.25) is 0 Å². The summed E-state index contributed by atoms with van der Waals surface area (Å²) < 4.78 is 42.3. The number of nitrogens with zero attached hydrogens (tertiary/aromatic N) is 2. The molecule has 0 unspecified atom stereocenters. The van der Waals surface area contributed by atoms with Crippen LogP contribution in [0.2, 0.25) is 5.02 Å². The number of sulfonamides is 1. The Balaban J connectivity index is 1.53. The maximum atomic E-state index is 14.8. The zero-order chi connectivity index (χ0) is 21.7. The van der Waals surface area contributed by atoms with E-state index < -0.39 is 20.7 Å². The molecule has 0 amide bonds. The molecule has 0 radical (unpaired) electrons. The number of hydrogen-bond acceptors (Lipinski definition) is 6. The van der Waals surface area contributed by atoms with E-state index in [4.69, 9.17) is 11.6 Å². The van der Waals surface area contributed by atoms with Gasteiger partial charge in [0.15, 0.2) is 5.13 Å². The van der Waals surface area contributed by atoms with Crippen molar-refractivity contribution in [1.82, 2.24) is 9.88 Å². The number of hydrogen-bond donors (Lipinski definition) is 2. The number of rotatable bonds is 6. The van der Waals surface area contributed by atoms with Crippen LogP contribution in [0.5, 0.6) is 0 Å². The third-order valence-corrected chi connectivity index (χ3v) is 8.60. The minimum atomic E-state index is -4.13. The number of benzene rings is 1. The van der Waals surface area contributed by atoms with E-state index in [1.807, 2.05) is 0 Å². The Morgan fingerprint density at radius 1 is 1.37 bits per heavy atom. The largest absolute Gasteiger partial charge is 0.382 e. The summed E-state index contributed by atoms with van der Waals surface area (Å²) in [5.74, 6) is -0.852. The Hall–Kier alpha value is -1.42. The normalized spacial score (nSPS) is 23.5. The predicted octanol–water partition coefficient (Wildman–Crippen LogP) is 4.72. The van der Waals surface area contributed by atoms with Gasteiger partial charge in [0.1, 0.15) is 10.7 Å². The molecule has 3 heterocycles. The quantitative estimate of drug-likeness (QED) is 0.636. The van der Waals surface area contributed by atoms with Crippen molar-refractivity contribution >= 4 is 43.8 Å². The van der Waals surface area contributed by atoms with Crippen molar-refractivity contribution in [2.75, 3.05) is 29.7 Å². The van der Waals surface area contributed by atoms with Crippen molar-refractivity contribution in [3.63, 3.8) is 0 Å². The highest BCUT2D eigenvalue weighted by Crippen LogP contribution is 2.47. The highest BCUT2D eigenvalue weighted by molar-refractivity contribution is 7.93. The molecule has 2 N–H and O–H groups in total. The van der Waals surface area contributed by atoms with Crippen LogP contribution in [0.25, 0.3) is 0 Å². The lowest BCUT2D eigenvalue weighted by Gasteiger charge is -2.33. The molecule has 2 aliphatic heterocycles. The second-order valence-electron chi connectivity index (χ2n) is 9.11. The van der Waals surface area contributed by atoms with Crippen LogP contribution in [0.1, 0.15) is 38.8 Å². The van der Waals surface area contributed by atoms with Crippen LogP contribution in [0.15, 0.2) is 22.4 Å². The van der Waals surface area contributed by atoms with Crippen molar-refractivity contribution in [1.29, 1.82) is 0 Å². The van der Waals surface area contributed by atoms with E-state index >= 15 is 0 Å². The first-order valence-corrected chi connectivity index (χ1v) is 12.7. The summed E-state index contributed by atoms with van der Waals surface area (Å²) in [6.07, 6.45) is 3.31. The van der Waals surface area contributed by atoms with Crippen molar-refractivity contribution in [3.8, 4) is 0 Å². The maximum absolute atomic E-state index is 14.8. The SMILES string of the molecule is Cc1csc(NS(=O)(=O)c2cc(Cl)c(NC[C@]34CCCN3CC(C)(C)C4)cc2F)n1. The van der Waals surface area contributed by atoms with Crippen LogP contribution in [-0.4, -0.2) is 43.5 Å². The fourth-order valence-electron chi connectivity index (χ4n) is 4.87. The van der Waals surface area contributed by atoms with Crippen LogP contribution in [0, 0.1) is 18.2 Å². The lowest BCUT2D eigenvalue weighted by atomic mass is 9.82. The molecule has 1 atom stereocenters. The van der Waals surface area contributed by atoms with Crippen molar-refractivity contribution in [2.24, 2.45) is 5.41 Å². The van der Waals surface area contributed by atoms with Crippen LogP contribution in [0.3, 0.4) is 0 Å². The van der Waals surface area contributed by atoms with Crippen LogP contribution < -0.4 is 10.0 Å². The number of fused-ring (bicyclic) bond motifs is 1. The molecule has 0 bridgehead atoms. The van der Waals surface area contributed by atoms with Crippen molar-refractivity contribution in [3.05, 3.63) is 34.0 Å². The smallest absolute Gasteiger partial charge is 0.266 e. The molecule has 4 rings (SSSR count). The molecule has 6 nitrogen and oxygen atoms in total. The second kappa shape index (κ2) is 7.62. The molecular formula is C20H26ClFN4O2S2. The van der Waals surface area contributed by atoms with E-state index in [0.29, 0.717) is 17.9 Å². The summed E-state index contributed by atoms with van der Waals surface area (Å²) in [7, 11) is -4.13. The summed E-state index contributed by atoms with van der Waals surface area (Å²) in [5.41, 5.74) is 1.38. The number of aryl methyl sites for hydroxylation is 1. The predicted molar refractivity (Wildman–Crippen MR) is 119 cm³/mol. The summed E-state index contributed by atoms with van der Waals surface area (Å²) >= 11 is 7.49. The topological polar surface area (TPSA) is 74.3 Å². The molecule has 164 valence electrons. The van der Waals surface area contributed by atoms with E-state index in [1.54, 1.807) is 12.3 Å². The van der Waals surface area contributed by atoms with Crippen LogP contribution in [-0.2, 0) is 10.0 Å². The number of thiazole rings is 1. The number of anilines is 2. The van der Waals surface area contributed by atoms with Gasteiger partial charge < -0.3 is 5.32 Å². The van der Waals surface area contributed by atoms with Gasteiger partial charge in [0, 0.05) is 24.0 Å². The molecule has 1 aromatic carbocycles. The van der Waals surface area contributed by atoms with Crippen LogP contribution >= 0.6 is 22.9 Å². The fraction of sp³-hybridized carbons (Fsp3) is 0.550. The molecule has 2 fully saturated rings. The summed E-state index contributed by atoms with van der Waals surface area (Å²) in [5, 5.41) is 5.36. The molecular weight excluding hydrogens is 447 g/mol. The molecule has 1 aromatic heterocycles. The Morgan fingerprint density at radius 2 is 2.13 bits per heavy atom. The van der Waals surface area contributed by atoms with Crippen molar-refractivity contribution in [2.45, 2.75) is 50.5 Å². The zero-order valence-corrected chi connectivity index (χ0v) is 19.6. The third-order valence-electron chi connectivity index (χ3n) is 5.93. The Labute approximate surface area is 185 Å². The van der Waals surface area contributed by atoms with Gasteiger partial charge in [-0.2, -0.15) is 0 Å². The summed E-state index contributed by atoms with van der Waals surface area (Å²) in [6.45, 7) is 9.08. The van der Waals surface area contributed by atoms with E-state index in [2.05, 4.69) is 33.8 Å². The highest BCUT2D eigenvalue weighted by Gasteiger charge is 2.51. The molecule has 0 aliphatic carbocycles. The van der Waals surface area contributed by atoms with Crippen molar-refractivity contribution < 1.29 is 12.8 Å². The molecule has 10 heteroatoms. The Morgan fingerprint density at radius 3 is 2.83 bits per heavy atom. The number of nitrogens with one attached hydrogen (secondary N) is 2. The first-order valence-electron chi connectivity index (χ1n) is 9.93. The van der Waals surface area contributed by atoms with E-state index in [-0.39, 0.29) is 21.1 Å². The second-order valence-corrected chi connectivity index (χ2v) is 12.0. The van der Waals surface area contributed by atoms with Gasteiger partial charge in [0.05, 0.1) is 16.4 Å². The molecule has 2 saturated heterocycles. The van der Waals surface area contributed by atoms with Gasteiger partial charge in [-0.15, -0.1) is 11.3 Å². The monoisotopic (exact) mass is 472 g/mol. The van der Waals surface area contributed by atoms with Gasteiger partial charge in [-0.3, -0.25) is 9.62 Å². The van der Waals surface area contributed by atoms with Crippen LogP contribution in [0.4, 0.5) is 15.2 Å². The Kier molecular flexibility index (Phi) is 5.53. The average Bonchev–Trinajstić information content (AvgIpc) is 3.26. The van der Waals surface area contributed by atoms with Gasteiger partial charge in [-0.25, -0.2) is 17.8 Å². The van der Waals surface area contributed by atoms with Gasteiger partial charge in [-0.1, -0.05) is 25.4 Å². The average molecular weight is 473 g/mol. The fourth-order valence-corrected chi connectivity index (χ4v) is 7.19. The molecule has 30 heavy (non-hydrogen) atoms. The first kappa shape index (κ1) is 21.8. The molecule has 2 aromatic rings. The standard InChI is InChI=1S/C20H26ClFN4O2S2/c1-13-9-29-18(24-13)25-30(27,28)17-7-14(21)16(8-15(17)22)23-11-20-5-4-6-26(20)12-19(2,3)10-20/h7-9,23H,4-6,10-12H2,1-3H3,(H,24,25)/t20-/m1/s1. The van der Waals surface area contributed by atoms with E-state index in [0.717, 1.165) is 49.8 Å². The summed E-state index contributed by atoms with van der Waals surface area (Å²) in [4.78, 5) is 6.09. The molecule has 2 aliphatic rings. The number of aromatic nitrogens is 1. The Bertz CT molecular complexity index is 1070. The minimum absolute atomic E-state index is 0.0400. The third kappa shape index (κ3) is 4.17. The van der Waals surface area contributed by atoms with E-state index in [1.165, 1.54) is 6.07 Å². The van der Waals surface area contributed by atoms with Gasteiger partial charge in [-0.05, 0) is 50.3 Å². The lowest BCUT2D eigenvalue weighted by Crippen LogP contribution is -2.44. The lowest BCUT2D eigenvalue weighted by molar-refractivity contribution is 0.209. The zero-order valence-electron chi connectivity index (χ0n) is 17.3. The van der Waals surface area contributed by atoms with E-state index in [9.17, 15) is 12.8 Å². The first-order chi connectivity index (χ1) is 14.0. The minimum Gasteiger partial charge on any atom is -0.382 e. The summed E-state index contributed by atoms with van der Waals surface area (Å²) in [6, 6.07) is 2.32.